The largest absolute Gasteiger partial charge is 0.490 e. The van der Waals surface area contributed by atoms with Crippen molar-refractivity contribution in [3.8, 4) is 11.5 Å². The molecule has 144 valence electrons. The Morgan fingerprint density at radius 3 is 1.81 bits per heavy atom. The summed E-state index contributed by atoms with van der Waals surface area (Å²) in [4.78, 5) is 24.1. The summed E-state index contributed by atoms with van der Waals surface area (Å²) in [5.74, 6) is 1.25. The number of carbonyl (C=O) groups is 1. The highest BCUT2D eigenvalue weighted by Crippen LogP contribution is 2.24. The van der Waals surface area contributed by atoms with Crippen LogP contribution >= 0.6 is 0 Å². The second kappa shape index (κ2) is 8.53. The van der Waals surface area contributed by atoms with E-state index in [-0.39, 0.29) is 11.6 Å². The molecule has 0 fully saturated rings. The first-order chi connectivity index (χ1) is 12.7. The number of hydrogen-bond acceptors (Lipinski definition) is 5. The smallest absolute Gasteiger partial charge is 0.269 e. The van der Waals surface area contributed by atoms with E-state index >= 15 is 0 Å². The Balaban J connectivity index is 1.81. The van der Waals surface area contributed by atoms with Gasteiger partial charge >= 0.3 is 0 Å². The fourth-order valence-corrected chi connectivity index (χ4v) is 2.37. The molecule has 0 spiro atoms. The zero-order valence-corrected chi connectivity index (χ0v) is 16.0. The van der Waals surface area contributed by atoms with Crippen LogP contribution in [-0.2, 0) is 4.79 Å². The lowest BCUT2D eigenvalue weighted by Gasteiger charge is -2.26. The molecule has 0 saturated carbocycles. The van der Waals surface area contributed by atoms with Crippen molar-refractivity contribution in [2.24, 2.45) is 5.41 Å². The predicted molar refractivity (Wildman–Crippen MR) is 103 cm³/mol. The highest BCUT2D eigenvalue weighted by atomic mass is 16.6. The third kappa shape index (κ3) is 5.70. The molecule has 27 heavy (non-hydrogen) atoms. The average molecular weight is 372 g/mol. The van der Waals surface area contributed by atoms with Gasteiger partial charge in [0.25, 0.3) is 5.69 Å². The second-order valence-corrected chi connectivity index (χ2v) is 7.06. The number of nitro groups is 1. The summed E-state index contributed by atoms with van der Waals surface area (Å²) in [5.41, 5.74) is 0.372. The van der Waals surface area contributed by atoms with E-state index < -0.39 is 10.3 Å². The number of rotatable bonds is 7. The number of benzene rings is 2. The van der Waals surface area contributed by atoms with E-state index in [0.717, 1.165) is 5.69 Å². The minimum atomic E-state index is -0.455. The molecule has 0 N–H and O–H groups in total. The third-order valence-corrected chi connectivity index (χ3v) is 3.84. The van der Waals surface area contributed by atoms with Crippen molar-refractivity contribution in [2.45, 2.75) is 20.8 Å². The molecule has 0 atom stereocenters. The molecule has 0 heterocycles. The van der Waals surface area contributed by atoms with Gasteiger partial charge in [0.05, 0.1) is 4.92 Å². The van der Waals surface area contributed by atoms with E-state index in [1.807, 2.05) is 32.9 Å². The predicted octanol–water partition coefficient (Wildman–Crippen LogP) is 4.06. The maximum absolute atomic E-state index is 12.3. The lowest BCUT2D eigenvalue weighted by atomic mass is 9.95. The molecule has 0 aliphatic rings. The lowest BCUT2D eigenvalue weighted by Crippen LogP contribution is -2.36. The number of hydrogen-bond donors (Lipinski definition) is 0. The minimum Gasteiger partial charge on any atom is -0.490 e. The van der Waals surface area contributed by atoms with Crippen LogP contribution in [-0.4, -0.2) is 31.1 Å². The van der Waals surface area contributed by atoms with Gasteiger partial charge in [-0.25, -0.2) is 0 Å². The highest BCUT2D eigenvalue weighted by Gasteiger charge is 2.25. The van der Waals surface area contributed by atoms with E-state index in [1.54, 1.807) is 36.2 Å². The van der Waals surface area contributed by atoms with Gasteiger partial charge in [-0.2, -0.15) is 0 Å². The molecule has 0 saturated heterocycles. The Hall–Kier alpha value is -3.09. The second-order valence-electron chi connectivity index (χ2n) is 7.06. The maximum atomic E-state index is 12.3. The zero-order chi connectivity index (χ0) is 20.0. The van der Waals surface area contributed by atoms with Crippen molar-refractivity contribution >= 4 is 17.3 Å². The number of amides is 1. The molecule has 0 aliphatic heterocycles. The Morgan fingerprint density at radius 1 is 0.963 bits per heavy atom. The fourth-order valence-electron chi connectivity index (χ4n) is 2.37. The van der Waals surface area contributed by atoms with Gasteiger partial charge in [-0.3, -0.25) is 14.9 Å². The Morgan fingerprint density at radius 2 is 1.41 bits per heavy atom. The van der Waals surface area contributed by atoms with Gasteiger partial charge in [0, 0.05) is 30.3 Å². The van der Waals surface area contributed by atoms with Crippen LogP contribution < -0.4 is 14.4 Å². The molecule has 7 heteroatoms. The molecule has 2 rings (SSSR count). The summed E-state index contributed by atoms with van der Waals surface area (Å²) in [7, 11) is 1.75. The molecule has 0 aromatic heterocycles. The van der Waals surface area contributed by atoms with Crippen LogP contribution in [0, 0.1) is 15.5 Å². The number of ether oxygens (including phenoxy) is 2. The first-order valence-electron chi connectivity index (χ1n) is 8.57. The molecule has 0 bridgehead atoms. The Kier molecular flexibility index (Phi) is 6.39. The monoisotopic (exact) mass is 372 g/mol. The Bertz CT molecular complexity index is 780. The van der Waals surface area contributed by atoms with Crippen molar-refractivity contribution in [1.29, 1.82) is 0 Å². The van der Waals surface area contributed by atoms with Crippen LogP contribution in [0.5, 0.6) is 11.5 Å². The maximum Gasteiger partial charge on any atom is 0.269 e. The van der Waals surface area contributed by atoms with Gasteiger partial charge in [-0.05, 0) is 36.4 Å². The normalized spacial score (nSPS) is 11.0. The summed E-state index contributed by atoms with van der Waals surface area (Å²) in [6.45, 7) is 6.28. The summed E-state index contributed by atoms with van der Waals surface area (Å²) in [5, 5.41) is 10.6. The van der Waals surface area contributed by atoms with Gasteiger partial charge in [0.15, 0.2) is 0 Å². The molecule has 0 aliphatic carbocycles. The molecular weight excluding hydrogens is 348 g/mol. The molecule has 7 nitrogen and oxygen atoms in total. The van der Waals surface area contributed by atoms with Crippen LogP contribution in [0.25, 0.3) is 0 Å². The molecule has 1 amide bonds. The summed E-state index contributed by atoms with van der Waals surface area (Å²) in [6, 6.07) is 13.1. The standard InChI is InChI=1S/C20H24N2O5/c1-20(2,3)19(23)21(4)15-5-9-17(10-6-15)26-13-14-27-18-11-7-16(8-12-18)22(24)25/h5-12H,13-14H2,1-4H3. The van der Waals surface area contributed by atoms with Gasteiger partial charge in [-0.15, -0.1) is 0 Å². The van der Waals surface area contributed by atoms with Gasteiger partial charge < -0.3 is 14.4 Å². The van der Waals surface area contributed by atoms with E-state index in [0.29, 0.717) is 24.7 Å². The minimum absolute atomic E-state index is 0.0219. The molecule has 0 radical (unpaired) electrons. The van der Waals surface area contributed by atoms with Crippen molar-refractivity contribution < 1.29 is 19.2 Å². The fraction of sp³-hybridized carbons (Fsp3) is 0.350. The van der Waals surface area contributed by atoms with Crippen molar-refractivity contribution in [1.82, 2.24) is 0 Å². The summed E-state index contributed by atoms with van der Waals surface area (Å²) >= 11 is 0. The van der Waals surface area contributed by atoms with Gasteiger partial charge in [-0.1, -0.05) is 20.8 Å². The SMILES string of the molecule is CN(C(=O)C(C)(C)C)c1ccc(OCCOc2ccc([N+](=O)[O-])cc2)cc1. The number of carbonyl (C=O) groups excluding carboxylic acids is 1. The molecule has 2 aromatic rings. The lowest BCUT2D eigenvalue weighted by molar-refractivity contribution is -0.384. The van der Waals surface area contributed by atoms with Crippen molar-refractivity contribution in [3.05, 3.63) is 58.6 Å². The van der Waals surface area contributed by atoms with Crippen molar-refractivity contribution in [2.75, 3.05) is 25.2 Å². The van der Waals surface area contributed by atoms with Crippen LogP contribution in [0.3, 0.4) is 0 Å². The Labute approximate surface area is 158 Å². The summed E-state index contributed by atoms with van der Waals surface area (Å²) in [6.07, 6.45) is 0. The topological polar surface area (TPSA) is 81.9 Å². The van der Waals surface area contributed by atoms with E-state index in [2.05, 4.69) is 0 Å². The van der Waals surface area contributed by atoms with E-state index in [4.69, 9.17) is 9.47 Å². The summed E-state index contributed by atoms with van der Waals surface area (Å²) < 4.78 is 11.1. The van der Waals surface area contributed by atoms with Gasteiger partial charge in [0.2, 0.25) is 5.91 Å². The molecule has 0 unspecified atom stereocenters. The number of nitrogens with zero attached hydrogens (tertiary/aromatic N) is 2. The van der Waals surface area contributed by atoms with Crippen LogP contribution in [0.2, 0.25) is 0 Å². The van der Waals surface area contributed by atoms with Crippen LogP contribution in [0.1, 0.15) is 20.8 Å². The third-order valence-electron chi connectivity index (χ3n) is 3.84. The quantitative estimate of drug-likeness (QED) is 0.416. The number of nitro benzene ring substituents is 1. The van der Waals surface area contributed by atoms with E-state index in [9.17, 15) is 14.9 Å². The zero-order valence-electron chi connectivity index (χ0n) is 16.0. The number of anilines is 1. The highest BCUT2D eigenvalue weighted by molar-refractivity contribution is 5.96. The molecular formula is C20H24N2O5. The molecule has 2 aromatic carbocycles. The van der Waals surface area contributed by atoms with E-state index in [1.165, 1.54) is 12.1 Å². The number of non-ortho nitro benzene ring substituents is 1. The van der Waals surface area contributed by atoms with Crippen LogP contribution in [0.15, 0.2) is 48.5 Å². The first-order valence-corrected chi connectivity index (χ1v) is 8.57. The first kappa shape index (κ1) is 20.2. The van der Waals surface area contributed by atoms with Crippen LogP contribution in [0.4, 0.5) is 11.4 Å². The average Bonchev–Trinajstić information content (AvgIpc) is 2.64. The van der Waals surface area contributed by atoms with Crippen molar-refractivity contribution in [3.63, 3.8) is 0 Å². The van der Waals surface area contributed by atoms with Gasteiger partial charge in [0.1, 0.15) is 24.7 Å².